The molecule has 1 aromatic carbocycles. The Labute approximate surface area is 161 Å². The van der Waals surface area contributed by atoms with Crippen molar-refractivity contribution in [3.63, 3.8) is 0 Å². The number of carbonyl (C=O) groups is 1. The number of hydrogen-bond donors (Lipinski definition) is 1. The zero-order valence-corrected chi connectivity index (χ0v) is 16.6. The molecule has 0 radical (unpaired) electrons. The number of halogens is 1. The molecule has 3 saturated heterocycles. The highest BCUT2D eigenvalue weighted by molar-refractivity contribution is 7.93. The van der Waals surface area contributed by atoms with Crippen molar-refractivity contribution < 1.29 is 13.2 Å². The molecule has 0 spiro atoms. The molecule has 4 rings (SSSR count). The Morgan fingerprint density at radius 2 is 1.92 bits per heavy atom. The number of amides is 1. The van der Waals surface area contributed by atoms with E-state index in [1.807, 2.05) is 11.9 Å². The molecule has 3 fully saturated rings. The number of piperidine rings is 1. The molecule has 2 atom stereocenters. The first-order valence-corrected chi connectivity index (χ1v) is 10.7. The predicted octanol–water partition coefficient (Wildman–Crippen LogP) is 2.00. The van der Waals surface area contributed by atoms with E-state index in [1.54, 1.807) is 24.3 Å². The summed E-state index contributed by atoms with van der Waals surface area (Å²) in [6.07, 6.45) is 5.03. The van der Waals surface area contributed by atoms with E-state index in [-0.39, 0.29) is 30.1 Å². The van der Waals surface area contributed by atoms with Crippen LogP contribution in [-0.2, 0) is 10.0 Å². The molecular weight excluding hydrogens is 374 g/mol. The van der Waals surface area contributed by atoms with Crippen LogP contribution in [0.4, 0.5) is 5.69 Å². The van der Waals surface area contributed by atoms with Gasteiger partial charge < -0.3 is 10.2 Å². The van der Waals surface area contributed by atoms with Gasteiger partial charge in [-0.2, -0.15) is 0 Å². The molecule has 1 amide bonds. The lowest BCUT2D eigenvalue weighted by atomic mass is 9.98. The third-order valence-corrected chi connectivity index (χ3v) is 7.67. The van der Waals surface area contributed by atoms with Crippen molar-refractivity contribution in [1.82, 2.24) is 10.2 Å². The number of rotatable bonds is 3. The Kier molecular flexibility index (Phi) is 5.51. The fraction of sp³-hybridized carbons (Fsp3) is 0.611. The Balaban J connectivity index is 0.00000196. The van der Waals surface area contributed by atoms with Crippen molar-refractivity contribution in [2.75, 3.05) is 23.7 Å². The van der Waals surface area contributed by atoms with Gasteiger partial charge in [-0.1, -0.05) is 6.07 Å². The lowest BCUT2D eigenvalue weighted by Gasteiger charge is -2.35. The highest BCUT2D eigenvalue weighted by atomic mass is 35.5. The van der Waals surface area contributed by atoms with Crippen molar-refractivity contribution in [2.24, 2.45) is 0 Å². The monoisotopic (exact) mass is 399 g/mol. The van der Waals surface area contributed by atoms with E-state index < -0.39 is 10.0 Å². The van der Waals surface area contributed by atoms with Crippen LogP contribution in [0.15, 0.2) is 24.3 Å². The number of hydrogen-bond acceptors (Lipinski definition) is 4. The maximum absolute atomic E-state index is 12.9. The van der Waals surface area contributed by atoms with E-state index in [0.29, 0.717) is 36.3 Å². The van der Waals surface area contributed by atoms with E-state index in [9.17, 15) is 13.2 Å². The molecule has 26 heavy (non-hydrogen) atoms. The molecule has 144 valence electrons. The number of carbonyl (C=O) groups excluding carboxylic acids is 1. The highest BCUT2D eigenvalue weighted by Gasteiger charge is 2.36. The molecule has 1 N–H and O–H groups in total. The molecule has 0 aromatic heterocycles. The van der Waals surface area contributed by atoms with Gasteiger partial charge in [0.05, 0.1) is 11.4 Å². The van der Waals surface area contributed by atoms with Gasteiger partial charge in [0.25, 0.3) is 5.91 Å². The summed E-state index contributed by atoms with van der Waals surface area (Å²) in [6, 6.07) is 8.35. The minimum absolute atomic E-state index is 0. The minimum atomic E-state index is -3.23. The lowest BCUT2D eigenvalue weighted by molar-refractivity contribution is 0.0681. The van der Waals surface area contributed by atoms with Crippen molar-refractivity contribution >= 4 is 34.0 Å². The van der Waals surface area contributed by atoms with Crippen LogP contribution in [-0.4, -0.2) is 56.7 Å². The summed E-state index contributed by atoms with van der Waals surface area (Å²) in [4.78, 5) is 14.8. The largest absolute Gasteiger partial charge is 0.339 e. The molecule has 2 bridgehead atoms. The fourth-order valence-corrected chi connectivity index (χ4v) is 5.99. The van der Waals surface area contributed by atoms with E-state index in [0.717, 1.165) is 12.8 Å². The third-order valence-electron chi connectivity index (χ3n) is 5.80. The number of benzene rings is 1. The van der Waals surface area contributed by atoms with Gasteiger partial charge in [0.2, 0.25) is 10.0 Å². The van der Waals surface area contributed by atoms with Gasteiger partial charge in [0, 0.05) is 37.3 Å². The average molecular weight is 400 g/mol. The predicted molar refractivity (Wildman–Crippen MR) is 105 cm³/mol. The lowest BCUT2D eigenvalue weighted by Crippen LogP contribution is -2.48. The van der Waals surface area contributed by atoms with Crippen molar-refractivity contribution in [2.45, 2.75) is 50.2 Å². The quantitative estimate of drug-likeness (QED) is 0.844. The summed E-state index contributed by atoms with van der Waals surface area (Å²) in [5.41, 5.74) is 1.16. The van der Waals surface area contributed by atoms with E-state index in [2.05, 4.69) is 5.32 Å². The molecule has 6 nitrogen and oxygen atoms in total. The molecular formula is C18H26ClN3O3S. The summed E-state index contributed by atoms with van der Waals surface area (Å²) < 4.78 is 25.7. The van der Waals surface area contributed by atoms with Crippen LogP contribution in [0.25, 0.3) is 0 Å². The second kappa shape index (κ2) is 7.37. The molecule has 0 aliphatic carbocycles. The molecule has 3 heterocycles. The summed E-state index contributed by atoms with van der Waals surface area (Å²) in [6.45, 7) is 0.494. The number of anilines is 1. The Morgan fingerprint density at radius 1 is 1.23 bits per heavy atom. The zero-order chi connectivity index (χ0) is 17.6. The second-order valence-corrected chi connectivity index (χ2v) is 9.48. The van der Waals surface area contributed by atoms with Crippen LogP contribution in [0.3, 0.4) is 0 Å². The third kappa shape index (κ3) is 3.57. The topological polar surface area (TPSA) is 69.7 Å². The number of nitrogens with zero attached hydrogens (tertiary/aromatic N) is 2. The van der Waals surface area contributed by atoms with E-state index >= 15 is 0 Å². The molecule has 3 aliphatic heterocycles. The summed E-state index contributed by atoms with van der Waals surface area (Å²) in [7, 11) is -1.36. The first-order valence-electron chi connectivity index (χ1n) is 9.08. The first kappa shape index (κ1) is 19.5. The normalized spacial score (nSPS) is 29.3. The van der Waals surface area contributed by atoms with Gasteiger partial charge in [-0.15, -0.1) is 12.4 Å². The van der Waals surface area contributed by atoms with Crippen LogP contribution in [0.2, 0.25) is 0 Å². The summed E-state index contributed by atoms with van der Waals surface area (Å²) in [5, 5.41) is 3.60. The second-order valence-electron chi connectivity index (χ2n) is 7.47. The molecule has 2 unspecified atom stereocenters. The molecule has 0 saturated carbocycles. The Morgan fingerprint density at radius 3 is 2.54 bits per heavy atom. The molecule has 8 heteroatoms. The number of fused-ring (bicyclic) bond motifs is 2. The Hall–Kier alpha value is -1.31. The van der Waals surface area contributed by atoms with E-state index in [4.69, 9.17) is 0 Å². The maximum Gasteiger partial charge on any atom is 0.253 e. The van der Waals surface area contributed by atoms with Gasteiger partial charge in [0.1, 0.15) is 0 Å². The van der Waals surface area contributed by atoms with Crippen molar-refractivity contribution in [1.29, 1.82) is 0 Å². The molecule has 1 aromatic rings. The Bertz CT molecular complexity index is 774. The van der Waals surface area contributed by atoms with Crippen LogP contribution in [0.5, 0.6) is 0 Å². The standard InChI is InChI=1S/C18H25N3O3S.ClH/c1-20(17-11-14-6-7-15(12-17)19-14)18(22)13-4-2-5-16(10-13)21-8-3-9-25(21,23)24;/h2,4-5,10,14-15,17,19H,3,6-9,11-12H2,1H3;1H. The smallest absolute Gasteiger partial charge is 0.253 e. The van der Waals surface area contributed by atoms with Gasteiger partial charge in [-0.3, -0.25) is 9.10 Å². The van der Waals surface area contributed by atoms with Crippen LogP contribution >= 0.6 is 12.4 Å². The first-order chi connectivity index (χ1) is 11.9. The summed E-state index contributed by atoms with van der Waals surface area (Å²) >= 11 is 0. The van der Waals surface area contributed by atoms with Crippen molar-refractivity contribution in [3.8, 4) is 0 Å². The van der Waals surface area contributed by atoms with Crippen molar-refractivity contribution in [3.05, 3.63) is 29.8 Å². The van der Waals surface area contributed by atoms with Crippen LogP contribution in [0, 0.1) is 0 Å². The fourth-order valence-electron chi connectivity index (χ4n) is 4.44. The highest BCUT2D eigenvalue weighted by Crippen LogP contribution is 2.30. The van der Waals surface area contributed by atoms with Crippen LogP contribution in [0.1, 0.15) is 42.5 Å². The molecule has 3 aliphatic rings. The summed E-state index contributed by atoms with van der Waals surface area (Å²) in [5.74, 6) is 0.160. The van der Waals surface area contributed by atoms with E-state index in [1.165, 1.54) is 17.1 Å². The van der Waals surface area contributed by atoms with Crippen LogP contribution < -0.4 is 9.62 Å². The van der Waals surface area contributed by atoms with Gasteiger partial charge in [0.15, 0.2) is 0 Å². The SMILES string of the molecule is CN(C(=O)c1cccc(N2CCCS2(=O)=O)c1)C1CC2CCC(C1)N2.Cl. The average Bonchev–Trinajstić information content (AvgIpc) is 3.14. The number of sulfonamides is 1. The maximum atomic E-state index is 12.9. The van der Waals surface area contributed by atoms with Gasteiger partial charge in [-0.05, 0) is 50.3 Å². The number of nitrogens with one attached hydrogen (secondary N) is 1. The minimum Gasteiger partial charge on any atom is -0.339 e. The van der Waals surface area contributed by atoms with Gasteiger partial charge >= 0.3 is 0 Å². The van der Waals surface area contributed by atoms with Gasteiger partial charge in [-0.25, -0.2) is 8.42 Å². The zero-order valence-electron chi connectivity index (χ0n) is 14.9.